The molecule has 3 heterocycles. The van der Waals surface area contributed by atoms with Crippen LogP contribution in [0.4, 0.5) is 0 Å². The van der Waals surface area contributed by atoms with Gasteiger partial charge in [0.15, 0.2) is 11.5 Å². The third-order valence-corrected chi connectivity index (χ3v) is 6.48. The molecule has 2 aliphatic rings. The molecule has 0 radical (unpaired) electrons. The second-order valence-corrected chi connectivity index (χ2v) is 9.24. The van der Waals surface area contributed by atoms with Gasteiger partial charge in [-0.2, -0.15) is 0 Å². The highest BCUT2D eigenvalue weighted by Gasteiger charge is 2.29. The Balaban J connectivity index is 0.000000295. The molecule has 1 fully saturated rings. The van der Waals surface area contributed by atoms with Crippen molar-refractivity contribution in [1.29, 1.82) is 0 Å². The predicted molar refractivity (Wildman–Crippen MR) is 138 cm³/mol. The molecule has 0 spiro atoms. The number of benzene rings is 2. The number of nitrogens with zero attached hydrogens (tertiary/aromatic N) is 3. The Bertz CT molecular complexity index is 1140. The molecule has 1 atom stereocenters. The van der Waals surface area contributed by atoms with E-state index >= 15 is 0 Å². The van der Waals surface area contributed by atoms with Gasteiger partial charge in [-0.05, 0) is 50.7 Å². The lowest BCUT2D eigenvalue weighted by Gasteiger charge is -2.29. The van der Waals surface area contributed by atoms with Gasteiger partial charge in [-0.3, -0.25) is 4.79 Å². The molecule has 0 saturated carbocycles. The van der Waals surface area contributed by atoms with E-state index in [4.69, 9.17) is 14.2 Å². The minimum absolute atomic E-state index is 0.0565. The smallest absolute Gasteiger partial charge is 0.328 e. The number of hydrogen-bond acceptors (Lipinski definition) is 7. The second-order valence-electron chi connectivity index (χ2n) is 9.24. The van der Waals surface area contributed by atoms with Crippen LogP contribution in [0.2, 0.25) is 0 Å². The lowest BCUT2D eigenvalue weighted by atomic mass is 9.95. The van der Waals surface area contributed by atoms with Crippen molar-refractivity contribution in [2.24, 2.45) is 5.92 Å². The van der Waals surface area contributed by atoms with Gasteiger partial charge in [0.25, 0.3) is 0 Å². The van der Waals surface area contributed by atoms with Crippen LogP contribution >= 0.6 is 0 Å². The summed E-state index contributed by atoms with van der Waals surface area (Å²) in [7, 11) is 3.39. The van der Waals surface area contributed by atoms with Crippen molar-refractivity contribution in [3.8, 4) is 11.5 Å². The Labute approximate surface area is 217 Å². The first-order valence-electron chi connectivity index (χ1n) is 12.5. The van der Waals surface area contributed by atoms with Crippen LogP contribution in [-0.2, 0) is 27.3 Å². The normalized spacial score (nSPS) is 15.8. The second kappa shape index (κ2) is 12.9. The number of nitrogens with one attached hydrogen (secondary N) is 1. The summed E-state index contributed by atoms with van der Waals surface area (Å²) in [4.78, 5) is 31.4. The summed E-state index contributed by atoms with van der Waals surface area (Å²) in [5.41, 5.74) is 1.92. The van der Waals surface area contributed by atoms with E-state index in [0.717, 1.165) is 43.1 Å². The van der Waals surface area contributed by atoms with E-state index < -0.39 is 12.0 Å². The summed E-state index contributed by atoms with van der Waals surface area (Å²) in [5, 5.41) is 2.88. The number of likely N-dealkylation sites (tertiary alicyclic amines) is 1. The van der Waals surface area contributed by atoms with Gasteiger partial charge < -0.3 is 29.0 Å². The van der Waals surface area contributed by atoms with Gasteiger partial charge >= 0.3 is 5.97 Å². The third kappa shape index (κ3) is 7.57. The van der Waals surface area contributed by atoms with Crippen molar-refractivity contribution in [2.45, 2.75) is 31.8 Å². The standard InChI is InChI=1S/C21H28N4O3.C7H6O2/c1-24-10-8-17(9-11-24)20(26)23-19(21(27)28-2)12-18-14-25(15-22-18)13-16-6-4-3-5-7-16;1-2-4-7-6(3-1)8-5-9-7/h3-7,14-15,17,19H,8-13H2,1-2H3,(H,23,26);1-4H,5H2. The summed E-state index contributed by atoms with van der Waals surface area (Å²) in [5.74, 6) is 1.11. The number of amides is 1. The summed E-state index contributed by atoms with van der Waals surface area (Å²) < 4.78 is 17.0. The number of piperidine rings is 1. The molecule has 0 aliphatic carbocycles. The van der Waals surface area contributed by atoms with Gasteiger partial charge in [-0.25, -0.2) is 9.78 Å². The Morgan fingerprint density at radius 2 is 1.70 bits per heavy atom. The Morgan fingerprint density at radius 1 is 1.05 bits per heavy atom. The van der Waals surface area contributed by atoms with E-state index in [1.165, 1.54) is 12.7 Å². The first-order valence-corrected chi connectivity index (χ1v) is 12.5. The van der Waals surface area contributed by atoms with Crippen molar-refractivity contribution in [1.82, 2.24) is 19.8 Å². The SMILES string of the molecule is COC(=O)C(Cc1cn(Cc2ccccc2)cn1)NC(=O)C1CCN(C)CC1.c1ccc2c(c1)OCO2. The molecule has 2 aromatic carbocycles. The predicted octanol–water partition coefficient (Wildman–Crippen LogP) is 2.89. The maximum absolute atomic E-state index is 12.6. The van der Waals surface area contributed by atoms with Gasteiger partial charge in [-0.1, -0.05) is 42.5 Å². The first kappa shape index (κ1) is 26.2. The average molecular weight is 507 g/mol. The summed E-state index contributed by atoms with van der Waals surface area (Å²) in [6.45, 7) is 2.85. The fourth-order valence-electron chi connectivity index (χ4n) is 4.34. The number of hydrogen-bond donors (Lipinski definition) is 1. The summed E-state index contributed by atoms with van der Waals surface area (Å²) >= 11 is 0. The van der Waals surface area contributed by atoms with Crippen molar-refractivity contribution in [3.63, 3.8) is 0 Å². The molecule has 1 amide bonds. The van der Waals surface area contributed by atoms with E-state index in [2.05, 4.69) is 34.4 Å². The van der Waals surface area contributed by atoms with Crippen LogP contribution in [0.5, 0.6) is 11.5 Å². The average Bonchev–Trinajstić information content (AvgIpc) is 3.58. The molecular formula is C28H34N4O5. The number of fused-ring (bicyclic) bond motifs is 1. The molecule has 3 aromatic rings. The van der Waals surface area contributed by atoms with E-state index in [9.17, 15) is 9.59 Å². The zero-order valence-corrected chi connectivity index (χ0v) is 21.3. The van der Waals surface area contributed by atoms with Crippen LogP contribution in [-0.4, -0.2) is 66.4 Å². The van der Waals surface area contributed by atoms with Crippen LogP contribution in [0.25, 0.3) is 0 Å². The molecule has 5 rings (SSSR count). The van der Waals surface area contributed by atoms with Crippen molar-refractivity contribution in [3.05, 3.63) is 78.4 Å². The Kier molecular flexibility index (Phi) is 9.15. The maximum atomic E-state index is 12.6. The number of para-hydroxylation sites is 2. The molecule has 0 bridgehead atoms. The molecule has 1 unspecified atom stereocenters. The third-order valence-electron chi connectivity index (χ3n) is 6.48. The van der Waals surface area contributed by atoms with Crippen LogP contribution in [0.15, 0.2) is 67.1 Å². The number of aromatic nitrogens is 2. The molecule has 9 nitrogen and oxygen atoms in total. The Morgan fingerprint density at radius 3 is 2.35 bits per heavy atom. The minimum Gasteiger partial charge on any atom is -0.467 e. The lowest BCUT2D eigenvalue weighted by molar-refractivity contribution is -0.145. The van der Waals surface area contributed by atoms with Gasteiger partial charge in [-0.15, -0.1) is 0 Å². The molecule has 1 saturated heterocycles. The molecule has 2 aliphatic heterocycles. The fraction of sp³-hybridized carbons (Fsp3) is 0.393. The zero-order chi connectivity index (χ0) is 26.0. The molecule has 196 valence electrons. The molecular weight excluding hydrogens is 472 g/mol. The van der Waals surface area contributed by atoms with Crippen molar-refractivity contribution < 1.29 is 23.8 Å². The van der Waals surface area contributed by atoms with E-state index in [1.54, 1.807) is 6.33 Å². The summed E-state index contributed by atoms with van der Waals surface area (Å²) in [6, 6.07) is 17.0. The number of carbonyl (C=O) groups excluding carboxylic acids is 2. The van der Waals surface area contributed by atoms with E-state index in [0.29, 0.717) is 19.8 Å². The monoisotopic (exact) mass is 506 g/mol. The van der Waals surface area contributed by atoms with Gasteiger partial charge in [0.05, 0.1) is 19.1 Å². The number of carbonyl (C=O) groups is 2. The molecule has 1 aromatic heterocycles. The highest BCUT2D eigenvalue weighted by Crippen LogP contribution is 2.30. The fourth-order valence-corrected chi connectivity index (χ4v) is 4.34. The van der Waals surface area contributed by atoms with Crippen LogP contribution < -0.4 is 14.8 Å². The highest BCUT2D eigenvalue weighted by atomic mass is 16.7. The van der Waals surface area contributed by atoms with Crippen molar-refractivity contribution in [2.75, 3.05) is 34.0 Å². The maximum Gasteiger partial charge on any atom is 0.328 e. The lowest BCUT2D eigenvalue weighted by Crippen LogP contribution is -2.47. The Hall–Kier alpha value is -3.85. The van der Waals surface area contributed by atoms with E-state index in [1.807, 2.05) is 53.2 Å². The van der Waals surface area contributed by atoms with Crippen molar-refractivity contribution >= 4 is 11.9 Å². The first-order chi connectivity index (χ1) is 18.0. The van der Waals surface area contributed by atoms with E-state index in [-0.39, 0.29) is 11.8 Å². The number of esters is 1. The van der Waals surface area contributed by atoms with Crippen LogP contribution in [0, 0.1) is 5.92 Å². The molecule has 1 N–H and O–H groups in total. The van der Waals surface area contributed by atoms with Crippen LogP contribution in [0.1, 0.15) is 24.1 Å². The van der Waals surface area contributed by atoms with Gasteiger partial charge in [0, 0.05) is 25.1 Å². The molecule has 9 heteroatoms. The number of methoxy groups -OCH3 is 1. The topological polar surface area (TPSA) is 94.9 Å². The number of rotatable bonds is 7. The number of imidazole rings is 1. The summed E-state index contributed by atoms with van der Waals surface area (Å²) in [6.07, 6.45) is 5.58. The zero-order valence-electron chi connectivity index (χ0n) is 21.3. The largest absolute Gasteiger partial charge is 0.467 e. The highest BCUT2D eigenvalue weighted by molar-refractivity contribution is 5.86. The quantitative estimate of drug-likeness (QED) is 0.493. The van der Waals surface area contributed by atoms with Gasteiger partial charge in [0.2, 0.25) is 12.7 Å². The molecule has 37 heavy (non-hydrogen) atoms. The van der Waals surface area contributed by atoms with Gasteiger partial charge in [0.1, 0.15) is 6.04 Å². The van der Waals surface area contributed by atoms with Crippen LogP contribution in [0.3, 0.4) is 0 Å². The number of ether oxygens (including phenoxy) is 3. The minimum atomic E-state index is -0.725.